The molecular formula is C13H13N3O2S. The summed E-state index contributed by atoms with van der Waals surface area (Å²) in [5.41, 5.74) is 7.11. The van der Waals surface area contributed by atoms with Crippen molar-refractivity contribution >= 4 is 28.1 Å². The highest BCUT2D eigenvalue weighted by molar-refractivity contribution is 7.13. The number of carbonyl (C=O) groups is 1. The summed E-state index contributed by atoms with van der Waals surface area (Å²) in [5, 5.41) is 2.31. The first-order valence-corrected chi connectivity index (χ1v) is 6.84. The Morgan fingerprint density at radius 3 is 3.11 bits per heavy atom. The van der Waals surface area contributed by atoms with Crippen molar-refractivity contribution in [1.82, 2.24) is 4.98 Å². The number of nitrogens with zero attached hydrogens (tertiary/aromatic N) is 2. The highest BCUT2D eigenvalue weighted by Crippen LogP contribution is 2.31. The molecule has 2 N–H and O–H groups in total. The van der Waals surface area contributed by atoms with Gasteiger partial charge in [0.25, 0.3) is 0 Å². The van der Waals surface area contributed by atoms with Gasteiger partial charge in [-0.25, -0.2) is 4.98 Å². The second-order valence-corrected chi connectivity index (χ2v) is 5.11. The highest BCUT2D eigenvalue weighted by Gasteiger charge is 2.23. The second kappa shape index (κ2) is 4.89. The van der Waals surface area contributed by atoms with E-state index in [9.17, 15) is 4.79 Å². The molecule has 0 saturated heterocycles. The summed E-state index contributed by atoms with van der Waals surface area (Å²) in [6, 6.07) is 7.56. The maximum absolute atomic E-state index is 12.3. The number of aromatic nitrogens is 1. The lowest BCUT2D eigenvalue weighted by Gasteiger charge is -2.29. The summed E-state index contributed by atoms with van der Waals surface area (Å²) in [4.78, 5) is 18.2. The van der Waals surface area contributed by atoms with E-state index in [0.717, 1.165) is 17.1 Å². The number of nitrogens with two attached hydrogens (primary N) is 1. The molecule has 3 rings (SSSR count). The maximum atomic E-state index is 12.3. The number of hydrogen-bond donors (Lipinski definition) is 1. The van der Waals surface area contributed by atoms with Crippen LogP contribution >= 0.6 is 11.3 Å². The van der Waals surface area contributed by atoms with Gasteiger partial charge in [0.05, 0.1) is 24.3 Å². The number of hydrogen-bond acceptors (Lipinski definition) is 5. The lowest BCUT2D eigenvalue weighted by Crippen LogP contribution is -2.38. The number of para-hydroxylation sites is 2. The van der Waals surface area contributed by atoms with Crippen LogP contribution in [-0.4, -0.2) is 24.0 Å². The first kappa shape index (κ1) is 12.0. The van der Waals surface area contributed by atoms with E-state index in [4.69, 9.17) is 10.5 Å². The van der Waals surface area contributed by atoms with Crippen molar-refractivity contribution in [3.8, 4) is 5.75 Å². The molecule has 98 valence electrons. The number of amides is 1. The first-order chi connectivity index (χ1) is 9.24. The monoisotopic (exact) mass is 275 g/mol. The van der Waals surface area contributed by atoms with Crippen LogP contribution in [0.3, 0.4) is 0 Å². The highest BCUT2D eigenvalue weighted by atomic mass is 32.1. The van der Waals surface area contributed by atoms with Gasteiger partial charge in [0.2, 0.25) is 5.91 Å². The predicted octanol–water partition coefficient (Wildman–Crippen LogP) is 1.69. The third kappa shape index (κ3) is 2.39. The number of benzene rings is 1. The third-order valence-electron chi connectivity index (χ3n) is 2.93. The Kier molecular flexibility index (Phi) is 3.08. The largest absolute Gasteiger partial charge is 0.490 e. The fraction of sp³-hybridized carbons (Fsp3) is 0.231. The normalized spacial score (nSPS) is 13.8. The summed E-state index contributed by atoms with van der Waals surface area (Å²) < 4.78 is 5.53. The quantitative estimate of drug-likeness (QED) is 0.905. The molecule has 1 aromatic carbocycles. The smallest absolute Gasteiger partial charge is 0.233 e. The molecule has 1 aliphatic heterocycles. The summed E-state index contributed by atoms with van der Waals surface area (Å²) in [7, 11) is 0. The van der Waals surface area contributed by atoms with E-state index in [1.165, 1.54) is 11.3 Å². The number of thiazole rings is 1. The van der Waals surface area contributed by atoms with E-state index in [-0.39, 0.29) is 12.3 Å². The standard InChI is InChI=1S/C13H13N3O2S/c14-13-15-9(8-19-13)7-12(17)16-5-6-18-11-4-2-1-3-10(11)16/h1-4,8H,5-7H2,(H2,14,15). The van der Waals surface area contributed by atoms with Crippen LogP contribution in [0.25, 0.3) is 0 Å². The van der Waals surface area contributed by atoms with E-state index in [1.807, 2.05) is 29.6 Å². The predicted molar refractivity (Wildman–Crippen MR) is 74.5 cm³/mol. The molecule has 0 atom stereocenters. The van der Waals surface area contributed by atoms with Crippen LogP contribution in [0.2, 0.25) is 0 Å². The zero-order valence-corrected chi connectivity index (χ0v) is 11.0. The molecule has 1 amide bonds. The minimum absolute atomic E-state index is 0.0149. The molecule has 1 aromatic heterocycles. The van der Waals surface area contributed by atoms with Crippen LogP contribution in [0.15, 0.2) is 29.6 Å². The Hall–Kier alpha value is -2.08. The van der Waals surface area contributed by atoms with E-state index in [0.29, 0.717) is 18.3 Å². The minimum Gasteiger partial charge on any atom is -0.490 e. The molecule has 19 heavy (non-hydrogen) atoms. The molecule has 0 spiro atoms. The van der Waals surface area contributed by atoms with Gasteiger partial charge in [-0.3, -0.25) is 4.79 Å². The lowest BCUT2D eigenvalue weighted by atomic mass is 10.2. The molecule has 0 radical (unpaired) electrons. The topological polar surface area (TPSA) is 68.5 Å². The molecule has 2 aromatic rings. The van der Waals surface area contributed by atoms with Crippen molar-refractivity contribution in [2.24, 2.45) is 0 Å². The molecule has 5 nitrogen and oxygen atoms in total. The van der Waals surface area contributed by atoms with Gasteiger partial charge in [-0.2, -0.15) is 0 Å². The molecule has 2 heterocycles. The number of fused-ring (bicyclic) bond motifs is 1. The molecular weight excluding hydrogens is 262 g/mol. The molecule has 0 bridgehead atoms. The van der Waals surface area contributed by atoms with Crippen molar-refractivity contribution < 1.29 is 9.53 Å². The molecule has 0 unspecified atom stereocenters. The van der Waals surface area contributed by atoms with Gasteiger partial charge in [-0.1, -0.05) is 12.1 Å². The van der Waals surface area contributed by atoms with Gasteiger partial charge in [-0.15, -0.1) is 11.3 Å². The Morgan fingerprint density at radius 1 is 1.47 bits per heavy atom. The van der Waals surface area contributed by atoms with Crippen molar-refractivity contribution in [3.05, 3.63) is 35.3 Å². The SMILES string of the molecule is Nc1nc(CC(=O)N2CCOc3ccccc32)cs1. The van der Waals surface area contributed by atoms with Crippen LogP contribution < -0.4 is 15.4 Å². The Labute approximate surface area is 114 Å². The fourth-order valence-electron chi connectivity index (χ4n) is 2.08. The van der Waals surface area contributed by atoms with E-state index in [2.05, 4.69) is 4.98 Å². The van der Waals surface area contributed by atoms with E-state index >= 15 is 0 Å². The summed E-state index contributed by atoms with van der Waals surface area (Å²) in [6.07, 6.45) is 0.266. The van der Waals surface area contributed by atoms with Crippen LogP contribution in [0.1, 0.15) is 5.69 Å². The third-order valence-corrected chi connectivity index (χ3v) is 3.65. The number of anilines is 2. The fourth-order valence-corrected chi connectivity index (χ4v) is 2.65. The van der Waals surface area contributed by atoms with E-state index in [1.54, 1.807) is 4.90 Å². The van der Waals surface area contributed by atoms with Gasteiger partial charge in [0.1, 0.15) is 12.4 Å². The maximum Gasteiger partial charge on any atom is 0.233 e. The second-order valence-electron chi connectivity index (χ2n) is 4.22. The van der Waals surface area contributed by atoms with Crippen LogP contribution in [0, 0.1) is 0 Å². The Morgan fingerprint density at radius 2 is 2.32 bits per heavy atom. The average Bonchev–Trinajstić information content (AvgIpc) is 2.83. The summed E-state index contributed by atoms with van der Waals surface area (Å²) in [5.74, 6) is 0.765. The molecule has 0 saturated carbocycles. The molecule has 0 fully saturated rings. The summed E-state index contributed by atoms with van der Waals surface area (Å²) >= 11 is 1.35. The van der Waals surface area contributed by atoms with Gasteiger partial charge >= 0.3 is 0 Å². The van der Waals surface area contributed by atoms with Crippen molar-refractivity contribution in [3.63, 3.8) is 0 Å². The number of rotatable bonds is 2. The average molecular weight is 275 g/mol. The van der Waals surface area contributed by atoms with E-state index < -0.39 is 0 Å². The molecule has 6 heteroatoms. The molecule has 1 aliphatic rings. The zero-order chi connectivity index (χ0) is 13.2. The molecule has 0 aliphatic carbocycles. The van der Waals surface area contributed by atoms with Crippen molar-refractivity contribution in [2.45, 2.75) is 6.42 Å². The van der Waals surface area contributed by atoms with Gasteiger partial charge in [-0.05, 0) is 12.1 Å². The van der Waals surface area contributed by atoms with Crippen LogP contribution in [0.4, 0.5) is 10.8 Å². The van der Waals surface area contributed by atoms with Gasteiger partial charge < -0.3 is 15.4 Å². The first-order valence-electron chi connectivity index (χ1n) is 5.96. The lowest BCUT2D eigenvalue weighted by molar-refractivity contribution is -0.118. The number of ether oxygens (including phenoxy) is 1. The van der Waals surface area contributed by atoms with Crippen molar-refractivity contribution in [2.75, 3.05) is 23.8 Å². The summed E-state index contributed by atoms with van der Waals surface area (Å²) in [6.45, 7) is 1.08. The number of nitrogen functional groups attached to an aromatic ring is 1. The van der Waals surface area contributed by atoms with Crippen LogP contribution in [0.5, 0.6) is 5.75 Å². The minimum atomic E-state index is 0.0149. The number of carbonyl (C=O) groups excluding carboxylic acids is 1. The Balaban J connectivity index is 1.81. The zero-order valence-electron chi connectivity index (χ0n) is 10.2. The van der Waals surface area contributed by atoms with Crippen molar-refractivity contribution in [1.29, 1.82) is 0 Å². The van der Waals surface area contributed by atoms with Gasteiger partial charge in [0.15, 0.2) is 5.13 Å². The Bertz CT molecular complexity index is 611. The van der Waals surface area contributed by atoms with Crippen LogP contribution in [-0.2, 0) is 11.2 Å². The van der Waals surface area contributed by atoms with Gasteiger partial charge in [0, 0.05) is 5.38 Å².